The van der Waals surface area contributed by atoms with Crippen LogP contribution in [-0.4, -0.2) is 23.9 Å². The van der Waals surface area contributed by atoms with Crippen molar-refractivity contribution in [2.24, 2.45) is 0 Å². The second-order valence-corrected chi connectivity index (χ2v) is 4.65. The highest BCUT2D eigenvalue weighted by Gasteiger charge is 2.34. The minimum absolute atomic E-state index is 0.0776. The minimum atomic E-state index is -5.00. The number of hydrogen-bond acceptors (Lipinski definition) is 4. The Labute approximate surface area is 125 Å². The van der Waals surface area contributed by atoms with Crippen molar-refractivity contribution >= 4 is 28.6 Å². The Kier molecular flexibility index (Phi) is 5.96. The molecule has 0 saturated carbocycles. The van der Waals surface area contributed by atoms with Gasteiger partial charge in [0.2, 0.25) is 0 Å². The van der Waals surface area contributed by atoms with Gasteiger partial charge in [-0.05, 0) is 35.6 Å². The molecule has 0 fully saturated rings. The van der Waals surface area contributed by atoms with Crippen molar-refractivity contribution < 1.29 is 31.8 Å². The number of halogens is 5. The Morgan fingerprint density at radius 3 is 2.60 bits per heavy atom. The van der Waals surface area contributed by atoms with Crippen molar-refractivity contribution in [1.29, 1.82) is 0 Å². The first-order valence-electron chi connectivity index (χ1n) is 5.42. The zero-order valence-electron chi connectivity index (χ0n) is 10.3. The highest BCUT2D eigenvalue weighted by molar-refractivity contribution is 14.1. The number of carbonyl (C=O) groups is 1. The zero-order valence-corrected chi connectivity index (χ0v) is 12.4. The molecule has 0 amide bonds. The molecule has 0 aromatic carbocycles. The average molecular weight is 407 g/mol. The first kappa shape index (κ1) is 16.9. The van der Waals surface area contributed by atoms with Crippen LogP contribution in [0.3, 0.4) is 0 Å². The summed E-state index contributed by atoms with van der Waals surface area (Å²) in [6.45, 7) is 0.466. The standard InChI is InChI=1S/C11H10F4INO3/c1-2-19-9(18)4-7-10(20-11(13,14)15)6(5-12)3-8(16)17-7/h3H,2,4-5H2,1H3. The molecule has 1 rings (SSSR count). The van der Waals surface area contributed by atoms with E-state index in [1.807, 2.05) is 0 Å². The van der Waals surface area contributed by atoms with Crippen LogP contribution in [0, 0.1) is 3.70 Å². The fourth-order valence-electron chi connectivity index (χ4n) is 1.41. The van der Waals surface area contributed by atoms with Gasteiger partial charge >= 0.3 is 12.3 Å². The highest BCUT2D eigenvalue weighted by Crippen LogP contribution is 2.31. The monoisotopic (exact) mass is 407 g/mol. The molecule has 0 aliphatic heterocycles. The molecule has 9 heteroatoms. The Morgan fingerprint density at radius 2 is 2.10 bits per heavy atom. The van der Waals surface area contributed by atoms with Crippen molar-refractivity contribution in [2.45, 2.75) is 26.4 Å². The third kappa shape index (κ3) is 5.10. The molecule has 1 aromatic heterocycles. The van der Waals surface area contributed by atoms with Crippen LogP contribution >= 0.6 is 22.6 Å². The number of aromatic nitrogens is 1. The summed E-state index contributed by atoms with van der Waals surface area (Å²) in [6.07, 6.45) is -5.52. The van der Waals surface area contributed by atoms with Gasteiger partial charge in [0.05, 0.1) is 18.7 Å². The van der Waals surface area contributed by atoms with Gasteiger partial charge in [-0.15, -0.1) is 13.2 Å². The molecule has 4 nitrogen and oxygen atoms in total. The molecule has 0 saturated heterocycles. The van der Waals surface area contributed by atoms with Crippen LogP contribution < -0.4 is 4.74 Å². The Hall–Kier alpha value is -1.13. The molecule has 0 spiro atoms. The first-order chi connectivity index (χ1) is 9.26. The largest absolute Gasteiger partial charge is 0.573 e. The van der Waals surface area contributed by atoms with Crippen LogP contribution in [-0.2, 0) is 22.6 Å². The maximum absolute atomic E-state index is 12.8. The maximum atomic E-state index is 12.8. The number of rotatable bonds is 5. The summed E-state index contributed by atoms with van der Waals surface area (Å²) < 4.78 is 58.5. The van der Waals surface area contributed by atoms with Crippen LogP contribution in [0.4, 0.5) is 17.6 Å². The molecule has 112 valence electrons. The smallest absolute Gasteiger partial charge is 0.466 e. The molecule has 0 bridgehead atoms. The lowest BCUT2D eigenvalue weighted by atomic mass is 10.1. The van der Waals surface area contributed by atoms with E-state index >= 15 is 0 Å². The van der Waals surface area contributed by atoms with Gasteiger partial charge in [-0.25, -0.2) is 9.37 Å². The summed E-state index contributed by atoms with van der Waals surface area (Å²) in [6, 6.07) is 1.12. The van der Waals surface area contributed by atoms with Crippen LogP contribution in [0.1, 0.15) is 18.2 Å². The number of carbonyl (C=O) groups excluding carboxylic acids is 1. The number of nitrogens with zero attached hydrogens (tertiary/aromatic N) is 1. The number of alkyl halides is 4. The van der Waals surface area contributed by atoms with Crippen LogP contribution in [0.25, 0.3) is 0 Å². The summed E-state index contributed by atoms with van der Waals surface area (Å²) in [5.41, 5.74) is -0.624. The van der Waals surface area contributed by atoms with Crippen molar-refractivity contribution in [1.82, 2.24) is 4.98 Å². The zero-order chi connectivity index (χ0) is 15.3. The van der Waals surface area contributed by atoms with Crippen molar-refractivity contribution in [3.05, 3.63) is 21.0 Å². The van der Waals surface area contributed by atoms with Gasteiger partial charge in [0.25, 0.3) is 0 Å². The van der Waals surface area contributed by atoms with E-state index < -0.39 is 31.2 Å². The summed E-state index contributed by atoms with van der Waals surface area (Å²) in [4.78, 5) is 15.1. The van der Waals surface area contributed by atoms with Crippen LogP contribution in [0.2, 0.25) is 0 Å². The Morgan fingerprint density at radius 1 is 1.45 bits per heavy atom. The Balaban J connectivity index is 3.18. The third-order valence-electron chi connectivity index (χ3n) is 2.07. The third-order valence-corrected chi connectivity index (χ3v) is 2.62. The summed E-state index contributed by atoms with van der Waals surface area (Å²) >= 11 is 1.71. The normalized spacial score (nSPS) is 11.3. The van der Waals surface area contributed by atoms with Crippen LogP contribution in [0.5, 0.6) is 5.75 Å². The molecular weight excluding hydrogens is 397 g/mol. The van der Waals surface area contributed by atoms with E-state index in [2.05, 4.69) is 14.5 Å². The van der Waals surface area contributed by atoms with Gasteiger partial charge in [-0.2, -0.15) is 0 Å². The molecule has 20 heavy (non-hydrogen) atoms. The molecule has 0 N–H and O–H groups in total. The second-order valence-electron chi connectivity index (χ2n) is 3.54. The molecule has 1 heterocycles. The van der Waals surface area contributed by atoms with Gasteiger partial charge in [0.15, 0.2) is 5.75 Å². The lowest BCUT2D eigenvalue weighted by Gasteiger charge is -2.15. The van der Waals surface area contributed by atoms with E-state index in [-0.39, 0.29) is 21.6 Å². The maximum Gasteiger partial charge on any atom is 0.573 e. The van der Waals surface area contributed by atoms with Crippen molar-refractivity contribution in [2.75, 3.05) is 6.61 Å². The fraction of sp³-hybridized carbons (Fsp3) is 0.455. The van der Waals surface area contributed by atoms with E-state index in [0.29, 0.717) is 0 Å². The molecule has 0 aliphatic carbocycles. The van der Waals surface area contributed by atoms with Crippen molar-refractivity contribution in [3.8, 4) is 5.75 Å². The van der Waals surface area contributed by atoms with Gasteiger partial charge in [0, 0.05) is 5.56 Å². The molecule has 0 aliphatic rings. The molecular formula is C11H10F4INO3. The van der Waals surface area contributed by atoms with Gasteiger partial charge in [-0.1, -0.05) is 0 Å². The average Bonchev–Trinajstić information content (AvgIpc) is 2.31. The van der Waals surface area contributed by atoms with Gasteiger partial charge in [0.1, 0.15) is 10.4 Å². The molecule has 0 radical (unpaired) electrons. The highest BCUT2D eigenvalue weighted by atomic mass is 127. The summed E-state index contributed by atoms with van der Waals surface area (Å²) in [5, 5.41) is 0. The SMILES string of the molecule is CCOC(=O)Cc1nc(I)cc(CF)c1OC(F)(F)F. The number of pyridine rings is 1. The number of hydrogen-bond donors (Lipinski definition) is 0. The fourth-order valence-corrected chi connectivity index (χ4v) is 2.08. The van der Waals surface area contributed by atoms with E-state index in [0.717, 1.165) is 6.07 Å². The lowest BCUT2D eigenvalue weighted by molar-refractivity contribution is -0.275. The van der Waals surface area contributed by atoms with E-state index in [1.54, 1.807) is 29.5 Å². The molecule has 0 atom stereocenters. The predicted octanol–water partition coefficient (Wildman–Crippen LogP) is 3.16. The summed E-state index contributed by atoms with van der Waals surface area (Å²) in [7, 11) is 0. The van der Waals surface area contributed by atoms with Crippen molar-refractivity contribution in [3.63, 3.8) is 0 Å². The lowest BCUT2D eigenvalue weighted by Crippen LogP contribution is -2.21. The van der Waals surface area contributed by atoms with E-state index in [1.165, 1.54) is 0 Å². The Bertz CT molecular complexity index is 493. The quantitative estimate of drug-likeness (QED) is 0.326. The van der Waals surface area contributed by atoms with Gasteiger partial charge < -0.3 is 9.47 Å². The van der Waals surface area contributed by atoms with Crippen LogP contribution in [0.15, 0.2) is 6.07 Å². The molecule has 0 unspecified atom stereocenters. The summed E-state index contributed by atoms with van der Waals surface area (Å²) in [5.74, 6) is -1.55. The first-order valence-corrected chi connectivity index (χ1v) is 6.50. The van der Waals surface area contributed by atoms with E-state index in [4.69, 9.17) is 0 Å². The van der Waals surface area contributed by atoms with Gasteiger partial charge in [-0.3, -0.25) is 4.79 Å². The van der Waals surface area contributed by atoms with E-state index in [9.17, 15) is 22.4 Å². The number of ether oxygens (including phenoxy) is 2. The molecule has 1 aromatic rings. The minimum Gasteiger partial charge on any atom is -0.466 e. The second kappa shape index (κ2) is 7.04. The predicted molar refractivity (Wildman–Crippen MR) is 68.8 cm³/mol. The number of esters is 1. The topological polar surface area (TPSA) is 48.4 Å².